The number of nitrogens with zero attached hydrogens (tertiary/aromatic N) is 3. The molecule has 0 unspecified atom stereocenters. The van der Waals surface area contributed by atoms with Gasteiger partial charge < -0.3 is 5.11 Å². The van der Waals surface area contributed by atoms with E-state index in [1.165, 1.54) is 16.9 Å². The third kappa shape index (κ3) is 1.22. The van der Waals surface area contributed by atoms with Crippen LogP contribution >= 0.6 is 11.6 Å². The van der Waals surface area contributed by atoms with Gasteiger partial charge in [-0.2, -0.15) is 5.10 Å². The highest BCUT2D eigenvalue weighted by Gasteiger charge is 2.11. The summed E-state index contributed by atoms with van der Waals surface area (Å²) >= 11 is 5.90. The molecule has 0 saturated carbocycles. The van der Waals surface area contributed by atoms with Crippen LogP contribution in [-0.2, 0) is 7.05 Å². The van der Waals surface area contributed by atoms with Gasteiger partial charge in [-0.25, -0.2) is 9.78 Å². The van der Waals surface area contributed by atoms with Crippen molar-refractivity contribution >= 4 is 28.5 Å². The lowest BCUT2D eigenvalue weighted by atomic mass is 10.3. The first-order valence-corrected chi connectivity index (χ1v) is 4.19. The number of carbonyl (C=O) groups is 1. The molecule has 0 amide bonds. The molecule has 0 spiro atoms. The van der Waals surface area contributed by atoms with Crippen molar-refractivity contribution in [1.29, 1.82) is 0 Å². The molecule has 0 radical (unpaired) electrons. The highest BCUT2D eigenvalue weighted by molar-refractivity contribution is 6.34. The van der Waals surface area contributed by atoms with E-state index in [0.717, 1.165) is 0 Å². The maximum Gasteiger partial charge on any atom is 0.354 e. The SMILES string of the molecule is Cn1nc2cnc(C(=O)O)cc2c1Cl. The number of halogens is 1. The fourth-order valence-electron chi connectivity index (χ4n) is 1.19. The van der Waals surface area contributed by atoms with Gasteiger partial charge in [0.15, 0.2) is 0 Å². The van der Waals surface area contributed by atoms with E-state index in [0.29, 0.717) is 16.1 Å². The monoisotopic (exact) mass is 211 g/mol. The highest BCUT2D eigenvalue weighted by Crippen LogP contribution is 2.22. The van der Waals surface area contributed by atoms with Crippen molar-refractivity contribution in [3.8, 4) is 0 Å². The molecule has 0 saturated heterocycles. The number of hydrogen-bond donors (Lipinski definition) is 1. The van der Waals surface area contributed by atoms with Gasteiger partial charge in [0.25, 0.3) is 0 Å². The average molecular weight is 212 g/mol. The van der Waals surface area contributed by atoms with Gasteiger partial charge in [-0.05, 0) is 6.07 Å². The molecule has 0 aromatic carbocycles. The first-order chi connectivity index (χ1) is 6.59. The van der Waals surface area contributed by atoms with E-state index < -0.39 is 5.97 Å². The van der Waals surface area contributed by atoms with Crippen molar-refractivity contribution in [3.63, 3.8) is 0 Å². The van der Waals surface area contributed by atoms with Crippen LogP contribution in [0.2, 0.25) is 5.15 Å². The fourth-order valence-corrected chi connectivity index (χ4v) is 1.38. The Morgan fingerprint density at radius 2 is 2.36 bits per heavy atom. The Bertz CT molecular complexity index is 521. The van der Waals surface area contributed by atoms with Crippen molar-refractivity contribution in [2.24, 2.45) is 7.05 Å². The summed E-state index contributed by atoms with van der Waals surface area (Å²) in [5.74, 6) is -1.08. The number of fused-ring (bicyclic) bond motifs is 1. The summed E-state index contributed by atoms with van der Waals surface area (Å²) in [7, 11) is 1.68. The molecular weight excluding hydrogens is 206 g/mol. The zero-order chi connectivity index (χ0) is 10.3. The molecule has 72 valence electrons. The highest BCUT2D eigenvalue weighted by atomic mass is 35.5. The smallest absolute Gasteiger partial charge is 0.354 e. The fraction of sp³-hybridized carbons (Fsp3) is 0.125. The van der Waals surface area contributed by atoms with E-state index in [1.807, 2.05) is 0 Å². The van der Waals surface area contributed by atoms with Gasteiger partial charge >= 0.3 is 5.97 Å². The van der Waals surface area contributed by atoms with Gasteiger partial charge in [0.2, 0.25) is 0 Å². The van der Waals surface area contributed by atoms with Gasteiger partial charge in [0, 0.05) is 12.4 Å². The Kier molecular flexibility index (Phi) is 1.89. The topological polar surface area (TPSA) is 68.0 Å². The maximum absolute atomic E-state index is 10.6. The van der Waals surface area contributed by atoms with Crippen LogP contribution in [0, 0.1) is 0 Å². The summed E-state index contributed by atoms with van der Waals surface area (Å²) in [6, 6.07) is 1.41. The Morgan fingerprint density at radius 1 is 1.64 bits per heavy atom. The molecule has 0 atom stereocenters. The summed E-state index contributed by atoms with van der Waals surface area (Å²) in [4.78, 5) is 14.4. The van der Waals surface area contributed by atoms with Crippen molar-refractivity contribution in [3.05, 3.63) is 23.1 Å². The molecular formula is C8H6ClN3O2. The van der Waals surface area contributed by atoms with Crippen molar-refractivity contribution in [2.75, 3.05) is 0 Å². The Morgan fingerprint density at radius 3 is 3.00 bits per heavy atom. The first kappa shape index (κ1) is 8.96. The lowest BCUT2D eigenvalue weighted by Gasteiger charge is -1.92. The normalized spacial score (nSPS) is 10.7. The predicted molar refractivity (Wildman–Crippen MR) is 50.5 cm³/mol. The number of hydrogen-bond acceptors (Lipinski definition) is 3. The molecule has 5 nitrogen and oxygen atoms in total. The van der Waals surface area contributed by atoms with Crippen LogP contribution in [0.5, 0.6) is 0 Å². The largest absolute Gasteiger partial charge is 0.477 e. The minimum atomic E-state index is -1.08. The van der Waals surface area contributed by atoms with Crippen LogP contribution in [0.3, 0.4) is 0 Å². The summed E-state index contributed by atoms with van der Waals surface area (Å²) in [5, 5.41) is 13.8. The molecule has 0 fully saturated rings. The van der Waals surface area contributed by atoms with Gasteiger partial charge in [0.1, 0.15) is 16.4 Å². The second kappa shape index (κ2) is 2.95. The van der Waals surface area contributed by atoms with E-state index in [1.54, 1.807) is 7.05 Å². The Hall–Kier alpha value is -1.62. The van der Waals surface area contributed by atoms with E-state index >= 15 is 0 Å². The molecule has 0 aliphatic carbocycles. The molecule has 6 heteroatoms. The molecule has 2 aromatic rings. The van der Waals surface area contributed by atoms with Crippen LogP contribution in [0.4, 0.5) is 0 Å². The molecule has 14 heavy (non-hydrogen) atoms. The third-order valence-electron chi connectivity index (χ3n) is 1.87. The van der Waals surface area contributed by atoms with Crippen LogP contribution in [-0.4, -0.2) is 25.8 Å². The van der Waals surface area contributed by atoms with E-state index in [-0.39, 0.29) is 5.69 Å². The predicted octanol–water partition coefficient (Wildman–Crippen LogP) is 1.32. The maximum atomic E-state index is 10.6. The number of aryl methyl sites for hydroxylation is 1. The number of aromatic carboxylic acids is 1. The zero-order valence-electron chi connectivity index (χ0n) is 7.23. The van der Waals surface area contributed by atoms with E-state index in [9.17, 15) is 4.79 Å². The number of carboxylic acids is 1. The minimum absolute atomic E-state index is 0.0348. The first-order valence-electron chi connectivity index (χ1n) is 3.81. The van der Waals surface area contributed by atoms with E-state index in [2.05, 4.69) is 10.1 Å². The molecule has 1 N–H and O–H groups in total. The summed E-state index contributed by atoms with van der Waals surface area (Å²) in [6.45, 7) is 0. The number of rotatable bonds is 1. The van der Waals surface area contributed by atoms with Gasteiger partial charge in [0.05, 0.1) is 6.20 Å². The number of pyridine rings is 1. The number of carboxylic acid groups (broad SMARTS) is 1. The third-order valence-corrected chi connectivity index (χ3v) is 2.31. The molecule has 0 aliphatic rings. The van der Waals surface area contributed by atoms with Crippen molar-refractivity contribution < 1.29 is 9.90 Å². The lowest BCUT2D eigenvalue weighted by molar-refractivity contribution is 0.0691. The lowest BCUT2D eigenvalue weighted by Crippen LogP contribution is -1.98. The van der Waals surface area contributed by atoms with Crippen LogP contribution < -0.4 is 0 Å². The Labute approximate surface area is 83.9 Å². The second-order valence-corrected chi connectivity index (χ2v) is 3.16. The summed E-state index contributed by atoms with van der Waals surface area (Å²) in [5.41, 5.74) is 0.551. The Balaban J connectivity index is 2.76. The van der Waals surface area contributed by atoms with Crippen LogP contribution in [0.1, 0.15) is 10.5 Å². The number of aromatic nitrogens is 3. The average Bonchev–Trinajstić information content (AvgIpc) is 2.43. The molecule has 2 aromatic heterocycles. The van der Waals surface area contributed by atoms with Crippen LogP contribution in [0.25, 0.3) is 10.9 Å². The van der Waals surface area contributed by atoms with Gasteiger partial charge in [-0.3, -0.25) is 4.68 Å². The standard InChI is InChI=1S/C8H6ClN3O2/c1-12-7(9)4-2-5(8(13)14)10-3-6(4)11-12/h2-3H,1H3,(H,13,14). The van der Waals surface area contributed by atoms with Crippen molar-refractivity contribution in [1.82, 2.24) is 14.8 Å². The van der Waals surface area contributed by atoms with Gasteiger partial charge in [-0.15, -0.1) is 0 Å². The second-order valence-electron chi connectivity index (χ2n) is 2.81. The minimum Gasteiger partial charge on any atom is -0.477 e. The quantitative estimate of drug-likeness (QED) is 0.773. The molecule has 2 rings (SSSR count). The van der Waals surface area contributed by atoms with E-state index in [4.69, 9.17) is 16.7 Å². The summed E-state index contributed by atoms with van der Waals surface area (Å²) < 4.78 is 1.47. The summed E-state index contributed by atoms with van der Waals surface area (Å²) in [6.07, 6.45) is 1.39. The molecule has 0 bridgehead atoms. The van der Waals surface area contributed by atoms with Crippen molar-refractivity contribution in [2.45, 2.75) is 0 Å². The van der Waals surface area contributed by atoms with Crippen LogP contribution in [0.15, 0.2) is 12.3 Å². The zero-order valence-corrected chi connectivity index (χ0v) is 7.99. The molecule has 2 heterocycles. The van der Waals surface area contributed by atoms with Gasteiger partial charge in [-0.1, -0.05) is 11.6 Å². The molecule has 0 aliphatic heterocycles.